The molecule has 0 aliphatic heterocycles. The summed E-state index contributed by atoms with van der Waals surface area (Å²) in [5.41, 5.74) is 12.7. The Morgan fingerprint density at radius 2 is 1.72 bits per heavy atom. The number of hydrogen-bond donors (Lipinski definition) is 3. The summed E-state index contributed by atoms with van der Waals surface area (Å²) >= 11 is 0. The maximum absolute atomic E-state index is 11.8. The molecule has 0 saturated heterocycles. The Morgan fingerprint density at radius 1 is 1.07 bits per heavy atom. The molecule has 10 heteroatoms. The van der Waals surface area contributed by atoms with Gasteiger partial charge in [-0.05, 0) is 17.2 Å². The first-order chi connectivity index (χ1) is 13.8. The molecule has 5 N–H and O–H groups in total. The van der Waals surface area contributed by atoms with Gasteiger partial charge in [0.25, 0.3) is 10.1 Å². The minimum atomic E-state index is -4.54. The van der Waals surface area contributed by atoms with Crippen molar-refractivity contribution in [3.05, 3.63) is 77.5 Å². The van der Waals surface area contributed by atoms with Gasteiger partial charge in [0.2, 0.25) is 17.7 Å². The van der Waals surface area contributed by atoms with Gasteiger partial charge in [0.15, 0.2) is 0 Å². The van der Waals surface area contributed by atoms with Crippen molar-refractivity contribution in [1.29, 1.82) is 0 Å². The highest BCUT2D eigenvalue weighted by Crippen LogP contribution is 2.35. The van der Waals surface area contributed by atoms with Crippen molar-refractivity contribution < 1.29 is 22.2 Å². The zero-order valence-corrected chi connectivity index (χ0v) is 16.1. The summed E-state index contributed by atoms with van der Waals surface area (Å²) in [4.78, 5) is 11.3. The Balaban J connectivity index is 1.94. The molecule has 9 nitrogen and oxygen atoms in total. The zero-order valence-electron chi connectivity index (χ0n) is 15.3. The molecule has 1 heterocycles. The molecule has 0 bridgehead atoms. The Morgan fingerprint density at radius 3 is 2.38 bits per heavy atom. The molecule has 1 unspecified atom stereocenters. The van der Waals surface area contributed by atoms with Gasteiger partial charge >= 0.3 is 0 Å². The number of carbonyl (C=O) groups is 1. The van der Waals surface area contributed by atoms with Crippen molar-refractivity contribution in [3.8, 4) is 0 Å². The van der Waals surface area contributed by atoms with Gasteiger partial charge in [-0.15, -0.1) is 10.2 Å². The van der Waals surface area contributed by atoms with E-state index in [2.05, 4.69) is 10.2 Å². The number of carbonyl (C=O) groups excluding carboxylic acids is 1. The van der Waals surface area contributed by atoms with E-state index in [9.17, 15) is 17.8 Å². The van der Waals surface area contributed by atoms with Gasteiger partial charge < -0.3 is 15.9 Å². The van der Waals surface area contributed by atoms with Gasteiger partial charge in [-0.25, -0.2) is 0 Å². The highest BCUT2D eigenvalue weighted by atomic mass is 32.2. The molecule has 2 atom stereocenters. The summed E-state index contributed by atoms with van der Waals surface area (Å²) < 4.78 is 38.7. The number of rotatable bonds is 8. The molecule has 3 rings (SSSR count). The van der Waals surface area contributed by atoms with E-state index < -0.39 is 28.0 Å². The molecule has 1 aromatic heterocycles. The van der Waals surface area contributed by atoms with Crippen LogP contribution in [0.4, 0.5) is 0 Å². The lowest BCUT2D eigenvalue weighted by atomic mass is 9.88. The summed E-state index contributed by atoms with van der Waals surface area (Å²) in [6.45, 7) is 0. The average molecular weight is 416 g/mol. The van der Waals surface area contributed by atoms with Crippen LogP contribution in [0.1, 0.15) is 41.3 Å². The monoisotopic (exact) mass is 416 g/mol. The van der Waals surface area contributed by atoms with Gasteiger partial charge in [0, 0.05) is 12.3 Å². The van der Waals surface area contributed by atoms with Crippen molar-refractivity contribution in [2.75, 3.05) is 0 Å². The van der Waals surface area contributed by atoms with Gasteiger partial charge in [-0.1, -0.05) is 48.5 Å². The van der Waals surface area contributed by atoms with E-state index in [4.69, 9.17) is 15.9 Å². The predicted molar refractivity (Wildman–Crippen MR) is 103 cm³/mol. The molecule has 0 fully saturated rings. The summed E-state index contributed by atoms with van der Waals surface area (Å²) in [5, 5.41) is 7.93. The van der Waals surface area contributed by atoms with Crippen LogP contribution in [0, 0.1) is 0 Å². The van der Waals surface area contributed by atoms with Crippen LogP contribution in [0.5, 0.6) is 0 Å². The van der Waals surface area contributed by atoms with E-state index in [1.807, 2.05) is 30.3 Å². The van der Waals surface area contributed by atoms with Crippen molar-refractivity contribution in [1.82, 2.24) is 10.2 Å². The number of amides is 1. The molecular weight excluding hydrogens is 396 g/mol. The fourth-order valence-corrected chi connectivity index (χ4v) is 3.85. The molecule has 1 amide bonds. The fraction of sp³-hybridized carbons (Fsp3) is 0.211. The Kier molecular flexibility index (Phi) is 6.06. The summed E-state index contributed by atoms with van der Waals surface area (Å²) in [7, 11) is -4.54. The standard InChI is InChI=1S/C19H20N4O5S/c20-16(24)11-14(13-8-4-5-9-15(13)29(25,26)27)18(21)19-23-22-17(28-19)10-12-6-2-1-3-7-12/h1-9,14,18H,10-11,21H2,(H2,20,24)(H,25,26,27)/t14?,18-/m0/s1. The van der Waals surface area contributed by atoms with E-state index in [-0.39, 0.29) is 22.8 Å². The molecule has 0 aliphatic rings. The number of nitrogens with two attached hydrogens (primary N) is 2. The fourth-order valence-electron chi connectivity index (χ4n) is 3.08. The normalized spacial score (nSPS) is 13.7. The van der Waals surface area contributed by atoms with Gasteiger partial charge in [-0.3, -0.25) is 9.35 Å². The molecule has 0 spiro atoms. The van der Waals surface area contributed by atoms with E-state index in [1.54, 1.807) is 6.07 Å². The average Bonchev–Trinajstić information content (AvgIpc) is 3.14. The van der Waals surface area contributed by atoms with Crippen LogP contribution >= 0.6 is 0 Å². The van der Waals surface area contributed by atoms with Crippen LogP contribution in [0.25, 0.3) is 0 Å². The lowest BCUT2D eigenvalue weighted by Crippen LogP contribution is -2.26. The predicted octanol–water partition coefficient (Wildman–Crippen LogP) is 1.57. The number of benzene rings is 2. The smallest absolute Gasteiger partial charge is 0.294 e. The zero-order chi connectivity index (χ0) is 21.0. The van der Waals surface area contributed by atoms with Gasteiger partial charge in [0.05, 0.1) is 17.4 Å². The minimum absolute atomic E-state index is 0.0346. The van der Waals surface area contributed by atoms with Crippen LogP contribution in [0.15, 0.2) is 63.9 Å². The van der Waals surface area contributed by atoms with E-state index in [1.165, 1.54) is 18.2 Å². The maximum Gasteiger partial charge on any atom is 0.294 e. The SMILES string of the molecule is NC(=O)CC(c1ccccc1S(=O)(=O)O)[C@H](N)c1nnc(Cc2ccccc2)o1. The van der Waals surface area contributed by atoms with Crippen LogP contribution in [0.3, 0.4) is 0 Å². The third-order valence-electron chi connectivity index (χ3n) is 4.42. The Labute approximate surface area is 167 Å². The highest BCUT2D eigenvalue weighted by Gasteiger charge is 2.31. The quantitative estimate of drug-likeness (QED) is 0.466. The minimum Gasteiger partial charge on any atom is -0.423 e. The van der Waals surface area contributed by atoms with Crippen molar-refractivity contribution in [2.24, 2.45) is 11.5 Å². The van der Waals surface area contributed by atoms with Gasteiger partial charge in [-0.2, -0.15) is 8.42 Å². The maximum atomic E-state index is 11.8. The Hall–Kier alpha value is -3.08. The lowest BCUT2D eigenvalue weighted by Gasteiger charge is -2.22. The molecule has 2 aromatic carbocycles. The van der Waals surface area contributed by atoms with Crippen LogP contribution in [0.2, 0.25) is 0 Å². The van der Waals surface area contributed by atoms with Gasteiger partial charge in [0.1, 0.15) is 0 Å². The number of nitrogens with zero attached hydrogens (tertiary/aromatic N) is 2. The second kappa shape index (κ2) is 8.52. The second-order valence-corrected chi connectivity index (χ2v) is 7.90. The number of primary amides is 1. The summed E-state index contributed by atoms with van der Waals surface area (Å²) in [6, 6.07) is 14.1. The van der Waals surface area contributed by atoms with E-state index in [0.29, 0.717) is 12.3 Å². The van der Waals surface area contributed by atoms with E-state index in [0.717, 1.165) is 5.56 Å². The molecular formula is C19H20N4O5S. The first kappa shape index (κ1) is 20.6. The first-order valence-corrected chi connectivity index (χ1v) is 10.2. The van der Waals surface area contributed by atoms with Crippen molar-refractivity contribution in [3.63, 3.8) is 0 Å². The first-order valence-electron chi connectivity index (χ1n) is 8.72. The Bertz CT molecular complexity index is 1100. The summed E-state index contributed by atoms with van der Waals surface area (Å²) in [5.74, 6) is -1.23. The second-order valence-electron chi connectivity index (χ2n) is 6.51. The van der Waals surface area contributed by atoms with Crippen molar-refractivity contribution >= 4 is 16.0 Å². The molecule has 0 aliphatic carbocycles. The molecule has 0 saturated carbocycles. The number of aromatic nitrogens is 2. The summed E-state index contributed by atoms with van der Waals surface area (Å²) in [6.07, 6.45) is 0.118. The third-order valence-corrected chi connectivity index (χ3v) is 5.34. The lowest BCUT2D eigenvalue weighted by molar-refractivity contribution is -0.118. The van der Waals surface area contributed by atoms with E-state index >= 15 is 0 Å². The molecule has 29 heavy (non-hydrogen) atoms. The largest absolute Gasteiger partial charge is 0.423 e. The van der Waals surface area contributed by atoms with Crippen LogP contribution < -0.4 is 11.5 Å². The van der Waals surface area contributed by atoms with Crippen molar-refractivity contribution in [2.45, 2.75) is 29.7 Å². The molecule has 152 valence electrons. The molecule has 3 aromatic rings. The highest BCUT2D eigenvalue weighted by molar-refractivity contribution is 7.85. The van der Waals surface area contributed by atoms with Crippen LogP contribution in [-0.2, 0) is 21.3 Å². The topological polar surface area (TPSA) is 162 Å². The number of hydrogen-bond acceptors (Lipinski definition) is 7. The van der Waals surface area contributed by atoms with Crippen LogP contribution in [-0.4, -0.2) is 29.1 Å². The molecule has 0 radical (unpaired) electrons. The third kappa shape index (κ3) is 5.05.